The lowest BCUT2D eigenvalue weighted by Crippen LogP contribution is -2.16. The molecule has 0 aliphatic heterocycles. The zero-order valence-corrected chi connectivity index (χ0v) is 19.8. The van der Waals surface area contributed by atoms with Crippen molar-refractivity contribution in [2.75, 3.05) is 5.32 Å². The number of anilines is 2. The number of nitrogens with two attached hydrogens (primary N) is 1. The second-order valence-corrected chi connectivity index (χ2v) is 9.38. The van der Waals surface area contributed by atoms with Crippen molar-refractivity contribution in [1.82, 2.24) is 19.9 Å². The topological polar surface area (TPSA) is 107 Å². The summed E-state index contributed by atoms with van der Waals surface area (Å²) in [7, 11) is 0. The summed E-state index contributed by atoms with van der Waals surface area (Å²) in [5, 5.41) is 4.65. The van der Waals surface area contributed by atoms with E-state index in [1.165, 1.54) is 17.7 Å². The summed E-state index contributed by atoms with van der Waals surface area (Å²) in [6, 6.07) is 7.03. The Balaban J connectivity index is 1.77. The van der Waals surface area contributed by atoms with Crippen LogP contribution in [0.4, 0.5) is 11.6 Å². The maximum Gasteiger partial charge on any atom is 0.234 e. The summed E-state index contributed by atoms with van der Waals surface area (Å²) in [6.45, 7) is 1.89. The molecule has 1 amide bonds. The molecule has 4 rings (SSSR count). The number of hydrogen-bond acceptors (Lipinski definition) is 7. The van der Waals surface area contributed by atoms with Crippen LogP contribution in [0.15, 0.2) is 36.8 Å². The second kappa shape index (κ2) is 8.58. The first-order valence-electron chi connectivity index (χ1n) is 8.57. The Kier molecular flexibility index (Phi) is 6.05. The molecule has 1 unspecified atom stereocenters. The van der Waals surface area contributed by atoms with Gasteiger partial charge in [0.2, 0.25) is 5.91 Å². The number of fused-ring (bicyclic) bond motifs is 1. The molecule has 0 fully saturated rings. The number of halogens is 3. The van der Waals surface area contributed by atoms with E-state index in [-0.39, 0.29) is 0 Å². The molecule has 4 aromatic rings. The molecular formula is C19H13Cl2IN6OS. The molecule has 0 spiro atoms. The third kappa shape index (κ3) is 4.20. The van der Waals surface area contributed by atoms with Crippen LogP contribution >= 0.6 is 57.1 Å². The lowest BCUT2D eigenvalue weighted by molar-refractivity contribution is -0.117. The minimum absolute atomic E-state index is 0.397. The van der Waals surface area contributed by atoms with Crippen LogP contribution in [-0.4, -0.2) is 25.8 Å². The fourth-order valence-electron chi connectivity index (χ4n) is 2.80. The fraction of sp³-hybridized carbons (Fsp3) is 0.105. The highest BCUT2D eigenvalue weighted by atomic mass is 127. The van der Waals surface area contributed by atoms with Crippen LogP contribution in [0.2, 0.25) is 10.0 Å². The average molecular weight is 571 g/mol. The van der Waals surface area contributed by atoms with Crippen LogP contribution in [0, 0.1) is 6.92 Å². The molecule has 0 saturated heterocycles. The third-order valence-electron chi connectivity index (χ3n) is 4.18. The summed E-state index contributed by atoms with van der Waals surface area (Å²) in [6.07, 6.45) is 3.16. The van der Waals surface area contributed by atoms with E-state index >= 15 is 0 Å². The van der Waals surface area contributed by atoms with Gasteiger partial charge >= 0.3 is 0 Å². The van der Waals surface area contributed by atoms with Crippen LogP contribution in [-0.2, 0) is 4.79 Å². The first-order valence-corrected chi connectivity index (χ1v) is 11.4. The fourth-order valence-corrected chi connectivity index (χ4v) is 5.04. The SMILES string of the molecule is Cc1cc(Nc2nccc3nc(-c4c(Cl)cc(C(I)C(N)=O)cc4Cl)sc23)ncn1. The first kappa shape index (κ1) is 21.2. The number of carbonyl (C=O) groups is 1. The van der Waals surface area contributed by atoms with Gasteiger partial charge in [0.15, 0.2) is 5.82 Å². The van der Waals surface area contributed by atoms with E-state index in [0.717, 1.165) is 15.9 Å². The highest BCUT2D eigenvalue weighted by Crippen LogP contribution is 2.42. The quantitative estimate of drug-likeness (QED) is 0.243. The second-order valence-electron chi connectivity index (χ2n) is 6.32. The molecule has 152 valence electrons. The van der Waals surface area contributed by atoms with Gasteiger partial charge in [-0.1, -0.05) is 45.8 Å². The molecule has 11 heteroatoms. The van der Waals surface area contributed by atoms with Crippen molar-refractivity contribution >= 4 is 84.9 Å². The number of aryl methyl sites for hydroxylation is 1. The average Bonchev–Trinajstić information content (AvgIpc) is 3.11. The minimum atomic E-state index is -0.529. The standard InChI is InChI=1S/C19H13Cl2IN6OS/c1-8-4-13(26-7-25-8)28-18-16-12(2-3-24-18)27-19(30-16)14-10(20)5-9(6-11(14)21)15(22)17(23)29/h2-7,15H,1H3,(H2,23,29)(H,24,25,26,28). The number of rotatable bonds is 5. The van der Waals surface area contributed by atoms with Gasteiger partial charge < -0.3 is 11.1 Å². The molecule has 1 atom stereocenters. The Morgan fingerprint density at radius 1 is 1.20 bits per heavy atom. The zero-order valence-electron chi connectivity index (χ0n) is 15.4. The van der Waals surface area contributed by atoms with Gasteiger partial charge in [-0.3, -0.25) is 4.79 Å². The van der Waals surface area contributed by atoms with Crippen LogP contribution in [0.5, 0.6) is 0 Å². The van der Waals surface area contributed by atoms with E-state index < -0.39 is 9.83 Å². The molecule has 7 nitrogen and oxygen atoms in total. The molecule has 0 bridgehead atoms. The van der Waals surface area contributed by atoms with Gasteiger partial charge in [0.25, 0.3) is 0 Å². The van der Waals surface area contributed by atoms with E-state index in [1.807, 2.05) is 41.6 Å². The number of carbonyl (C=O) groups excluding carboxylic acids is 1. The van der Waals surface area contributed by atoms with Crippen molar-refractivity contribution in [3.63, 3.8) is 0 Å². The van der Waals surface area contributed by atoms with Crippen LogP contribution in [0.25, 0.3) is 20.8 Å². The monoisotopic (exact) mass is 570 g/mol. The molecule has 0 aliphatic carbocycles. The van der Waals surface area contributed by atoms with Crippen molar-refractivity contribution in [2.24, 2.45) is 5.73 Å². The van der Waals surface area contributed by atoms with Gasteiger partial charge in [-0.05, 0) is 30.7 Å². The number of amides is 1. The van der Waals surface area contributed by atoms with Gasteiger partial charge in [0.05, 0.1) is 20.3 Å². The Morgan fingerprint density at radius 2 is 1.93 bits per heavy atom. The van der Waals surface area contributed by atoms with E-state index in [2.05, 4.69) is 25.3 Å². The van der Waals surface area contributed by atoms with Crippen LogP contribution in [0.3, 0.4) is 0 Å². The Labute approximate surface area is 199 Å². The van der Waals surface area contributed by atoms with Gasteiger partial charge in [0, 0.05) is 23.5 Å². The van der Waals surface area contributed by atoms with Gasteiger partial charge in [-0.15, -0.1) is 11.3 Å². The van der Waals surface area contributed by atoms with Crippen molar-refractivity contribution in [1.29, 1.82) is 0 Å². The molecule has 0 saturated carbocycles. The normalized spacial score (nSPS) is 12.1. The van der Waals surface area contributed by atoms with E-state index in [0.29, 0.717) is 37.8 Å². The van der Waals surface area contributed by atoms with E-state index in [4.69, 9.17) is 28.9 Å². The van der Waals surface area contributed by atoms with Gasteiger partial charge in [-0.25, -0.2) is 19.9 Å². The zero-order chi connectivity index (χ0) is 21.4. The minimum Gasteiger partial charge on any atom is -0.368 e. The van der Waals surface area contributed by atoms with Crippen LogP contribution in [0.1, 0.15) is 15.2 Å². The van der Waals surface area contributed by atoms with Crippen LogP contribution < -0.4 is 11.1 Å². The van der Waals surface area contributed by atoms with Crippen molar-refractivity contribution in [3.05, 3.63) is 58.1 Å². The molecular weight excluding hydrogens is 558 g/mol. The largest absolute Gasteiger partial charge is 0.368 e. The number of hydrogen-bond donors (Lipinski definition) is 2. The Morgan fingerprint density at radius 3 is 2.60 bits per heavy atom. The predicted molar refractivity (Wildman–Crippen MR) is 129 cm³/mol. The summed E-state index contributed by atoms with van der Waals surface area (Å²) in [5.74, 6) is 0.800. The van der Waals surface area contributed by atoms with Gasteiger partial charge in [-0.2, -0.15) is 0 Å². The third-order valence-corrected chi connectivity index (χ3v) is 7.20. The lowest BCUT2D eigenvalue weighted by atomic mass is 10.1. The smallest absolute Gasteiger partial charge is 0.234 e. The summed E-state index contributed by atoms with van der Waals surface area (Å²) < 4.78 is 0.308. The maximum absolute atomic E-state index is 11.5. The number of aromatic nitrogens is 4. The number of primary amides is 1. The van der Waals surface area contributed by atoms with Crippen molar-refractivity contribution < 1.29 is 4.79 Å². The highest BCUT2D eigenvalue weighted by Gasteiger charge is 2.21. The molecule has 1 aromatic carbocycles. The number of nitrogens with zero attached hydrogens (tertiary/aromatic N) is 4. The maximum atomic E-state index is 11.5. The molecule has 3 aromatic heterocycles. The summed E-state index contributed by atoms with van der Waals surface area (Å²) in [4.78, 5) is 28.9. The lowest BCUT2D eigenvalue weighted by Gasteiger charge is -2.10. The molecule has 0 aliphatic rings. The van der Waals surface area contributed by atoms with Gasteiger partial charge in [0.1, 0.15) is 21.1 Å². The number of nitrogens with one attached hydrogen (secondary N) is 1. The van der Waals surface area contributed by atoms with E-state index in [1.54, 1.807) is 18.3 Å². The Bertz CT molecular complexity index is 1260. The predicted octanol–water partition coefficient (Wildman–Crippen LogP) is 5.47. The van der Waals surface area contributed by atoms with E-state index in [9.17, 15) is 4.79 Å². The number of alkyl halides is 1. The number of pyridine rings is 1. The number of benzene rings is 1. The molecule has 0 radical (unpaired) electrons. The molecule has 30 heavy (non-hydrogen) atoms. The summed E-state index contributed by atoms with van der Waals surface area (Å²) in [5.41, 5.74) is 8.22. The molecule has 3 heterocycles. The highest BCUT2D eigenvalue weighted by molar-refractivity contribution is 14.1. The number of thiazole rings is 1. The Hall–Kier alpha value is -2.08. The van der Waals surface area contributed by atoms with Crippen molar-refractivity contribution in [2.45, 2.75) is 10.8 Å². The molecule has 3 N–H and O–H groups in total. The van der Waals surface area contributed by atoms with Crippen molar-refractivity contribution in [3.8, 4) is 10.6 Å². The first-order chi connectivity index (χ1) is 14.3. The summed E-state index contributed by atoms with van der Waals surface area (Å²) >= 11 is 16.4.